The average molecular weight is 211 g/mol. The summed E-state index contributed by atoms with van der Waals surface area (Å²) in [5.41, 5.74) is 0.944. The molecule has 1 aliphatic rings. The van der Waals surface area contributed by atoms with Crippen LogP contribution in [0, 0.1) is 0 Å². The Morgan fingerprint density at radius 1 is 1.54 bits per heavy atom. The van der Waals surface area contributed by atoms with E-state index in [4.69, 9.17) is 0 Å². The maximum absolute atomic E-state index is 11.0. The lowest BCUT2D eigenvalue weighted by molar-refractivity contribution is -0.113. The van der Waals surface area contributed by atoms with Crippen molar-refractivity contribution in [2.45, 2.75) is 9.79 Å². The van der Waals surface area contributed by atoms with Crippen LogP contribution in [0.1, 0.15) is 0 Å². The van der Waals surface area contributed by atoms with Crippen LogP contribution in [-0.2, 0) is 4.79 Å². The van der Waals surface area contributed by atoms with Gasteiger partial charge in [0.15, 0.2) is 0 Å². The van der Waals surface area contributed by atoms with Gasteiger partial charge in [0, 0.05) is 9.79 Å². The summed E-state index contributed by atoms with van der Waals surface area (Å²) in [6, 6.07) is 6.10. The van der Waals surface area contributed by atoms with Crippen molar-refractivity contribution in [3.8, 4) is 0 Å². The number of hydrogen-bond donors (Lipinski definition) is 1. The van der Waals surface area contributed by atoms with E-state index < -0.39 is 0 Å². The van der Waals surface area contributed by atoms with Crippen LogP contribution in [0.3, 0.4) is 0 Å². The Hall–Kier alpha value is -0.610. The van der Waals surface area contributed by atoms with E-state index in [0.717, 1.165) is 5.69 Å². The van der Waals surface area contributed by atoms with Crippen LogP contribution in [-0.4, -0.2) is 17.9 Å². The van der Waals surface area contributed by atoms with Gasteiger partial charge in [-0.25, -0.2) is 0 Å². The molecule has 1 amide bonds. The third kappa shape index (κ3) is 1.84. The fraction of sp³-hybridized carbons (Fsp3) is 0.222. The van der Waals surface area contributed by atoms with Gasteiger partial charge in [-0.05, 0) is 24.5 Å². The highest BCUT2D eigenvalue weighted by Gasteiger charge is 2.14. The lowest BCUT2D eigenvalue weighted by Crippen LogP contribution is -2.18. The number of fused-ring (bicyclic) bond motifs is 1. The molecule has 0 bridgehead atoms. The smallest absolute Gasteiger partial charge is 0.234 e. The number of carbonyl (C=O) groups excluding carboxylic acids is 1. The van der Waals surface area contributed by atoms with Crippen molar-refractivity contribution in [3.05, 3.63) is 18.2 Å². The topological polar surface area (TPSA) is 29.1 Å². The molecule has 2 rings (SSSR count). The monoisotopic (exact) mass is 211 g/mol. The second-order valence-corrected chi connectivity index (χ2v) is 4.60. The summed E-state index contributed by atoms with van der Waals surface area (Å²) in [7, 11) is 0. The molecule has 1 heterocycles. The van der Waals surface area contributed by atoms with E-state index >= 15 is 0 Å². The van der Waals surface area contributed by atoms with E-state index in [2.05, 4.69) is 11.4 Å². The van der Waals surface area contributed by atoms with Gasteiger partial charge in [-0.3, -0.25) is 4.79 Å². The van der Waals surface area contributed by atoms with Crippen molar-refractivity contribution < 1.29 is 4.79 Å². The normalized spacial score (nSPS) is 15.0. The molecule has 13 heavy (non-hydrogen) atoms. The van der Waals surface area contributed by atoms with Crippen LogP contribution in [0.25, 0.3) is 0 Å². The molecular formula is C9H9NOS2. The van der Waals surface area contributed by atoms with Crippen LogP contribution >= 0.6 is 23.5 Å². The highest BCUT2D eigenvalue weighted by Crippen LogP contribution is 2.33. The molecule has 0 aromatic heterocycles. The first-order valence-corrected chi connectivity index (χ1v) is 6.11. The van der Waals surface area contributed by atoms with Crippen molar-refractivity contribution in [2.75, 3.05) is 17.3 Å². The molecule has 0 radical (unpaired) electrons. The Balaban J connectivity index is 2.36. The van der Waals surface area contributed by atoms with Crippen LogP contribution in [0.2, 0.25) is 0 Å². The van der Waals surface area contributed by atoms with Gasteiger partial charge in [0.05, 0.1) is 11.4 Å². The standard InChI is InChI=1S/C9H9NOS2/c1-12-6-2-3-7-8(4-6)13-5-9(11)10-7/h2-4H,5H2,1H3,(H,10,11). The number of rotatable bonds is 1. The minimum Gasteiger partial charge on any atom is -0.324 e. The molecule has 4 heteroatoms. The lowest BCUT2D eigenvalue weighted by Gasteiger charge is -2.16. The van der Waals surface area contributed by atoms with Crippen LogP contribution in [0.15, 0.2) is 28.0 Å². The number of hydrogen-bond acceptors (Lipinski definition) is 3. The molecule has 0 aliphatic carbocycles. The molecule has 0 saturated heterocycles. The van der Waals surface area contributed by atoms with E-state index in [0.29, 0.717) is 5.75 Å². The van der Waals surface area contributed by atoms with E-state index in [1.807, 2.05) is 18.4 Å². The third-order valence-corrected chi connectivity index (χ3v) is 3.60. The number of anilines is 1. The largest absolute Gasteiger partial charge is 0.324 e. The summed E-state index contributed by atoms with van der Waals surface area (Å²) in [6.45, 7) is 0. The summed E-state index contributed by atoms with van der Waals surface area (Å²) >= 11 is 3.32. The molecule has 1 aliphatic heterocycles. The molecule has 1 aromatic rings. The van der Waals surface area contributed by atoms with Gasteiger partial charge in [0.1, 0.15) is 0 Å². The van der Waals surface area contributed by atoms with E-state index in [1.54, 1.807) is 23.5 Å². The van der Waals surface area contributed by atoms with Gasteiger partial charge in [-0.1, -0.05) is 0 Å². The van der Waals surface area contributed by atoms with Gasteiger partial charge in [-0.15, -0.1) is 23.5 Å². The van der Waals surface area contributed by atoms with E-state index in [9.17, 15) is 4.79 Å². The Morgan fingerprint density at radius 2 is 2.38 bits per heavy atom. The minimum absolute atomic E-state index is 0.0920. The van der Waals surface area contributed by atoms with Gasteiger partial charge in [0.25, 0.3) is 0 Å². The summed E-state index contributed by atoms with van der Waals surface area (Å²) in [6.07, 6.45) is 2.05. The molecule has 0 spiro atoms. The van der Waals surface area contributed by atoms with E-state index in [-0.39, 0.29) is 5.91 Å². The zero-order valence-corrected chi connectivity index (χ0v) is 8.80. The second kappa shape index (κ2) is 3.64. The fourth-order valence-corrected chi connectivity index (χ4v) is 2.54. The van der Waals surface area contributed by atoms with Crippen molar-refractivity contribution in [3.63, 3.8) is 0 Å². The summed E-state index contributed by atoms with van der Waals surface area (Å²) in [5.74, 6) is 0.625. The molecule has 1 aromatic carbocycles. The Bertz CT molecular complexity index is 351. The van der Waals surface area contributed by atoms with Crippen molar-refractivity contribution in [1.82, 2.24) is 0 Å². The number of carbonyl (C=O) groups is 1. The summed E-state index contributed by atoms with van der Waals surface area (Å²) < 4.78 is 0. The number of nitrogens with one attached hydrogen (secondary N) is 1. The summed E-state index contributed by atoms with van der Waals surface area (Å²) in [5, 5.41) is 2.84. The number of amides is 1. The van der Waals surface area contributed by atoms with Crippen molar-refractivity contribution >= 4 is 35.1 Å². The molecular weight excluding hydrogens is 202 g/mol. The van der Waals surface area contributed by atoms with Gasteiger partial charge >= 0.3 is 0 Å². The maximum atomic E-state index is 11.0. The first-order chi connectivity index (χ1) is 6.29. The van der Waals surface area contributed by atoms with Crippen molar-refractivity contribution in [1.29, 1.82) is 0 Å². The van der Waals surface area contributed by atoms with Gasteiger partial charge in [0.2, 0.25) is 5.91 Å². The molecule has 0 atom stereocenters. The predicted octanol–water partition coefficient (Wildman–Crippen LogP) is 2.45. The Kier molecular flexibility index (Phi) is 2.51. The number of benzene rings is 1. The second-order valence-electron chi connectivity index (χ2n) is 2.70. The van der Waals surface area contributed by atoms with Crippen LogP contribution in [0.5, 0.6) is 0 Å². The van der Waals surface area contributed by atoms with Crippen molar-refractivity contribution in [2.24, 2.45) is 0 Å². The summed E-state index contributed by atoms with van der Waals surface area (Å²) in [4.78, 5) is 13.5. The van der Waals surface area contributed by atoms with E-state index in [1.165, 1.54) is 9.79 Å². The molecule has 0 unspecified atom stereocenters. The fourth-order valence-electron chi connectivity index (χ4n) is 1.18. The third-order valence-electron chi connectivity index (χ3n) is 1.82. The zero-order chi connectivity index (χ0) is 9.26. The van der Waals surface area contributed by atoms with Crippen LogP contribution < -0.4 is 5.32 Å². The quantitative estimate of drug-likeness (QED) is 0.723. The molecule has 1 N–H and O–H groups in total. The molecule has 68 valence electrons. The highest BCUT2D eigenvalue weighted by atomic mass is 32.2. The molecule has 2 nitrogen and oxygen atoms in total. The first-order valence-electron chi connectivity index (χ1n) is 3.90. The minimum atomic E-state index is 0.0920. The predicted molar refractivity (Wildman–Crippen MR) is 57.6 cm³/mol. The van der Waals surface area contributed by atoms with Gasteiger partial charge < -0.3 is 5.32 Å². The van der Waals surface area contributed by atoms with Crippen LogP contribution in [0.4, 0.5) is 5.69 Å². The zero-order valence-electron chi connectivity index (χ0n) is 7.16. The Labute approximate surface area is 85.5 Å². The molecule has 0 saturated carbocycles. The molecule has 0 fully saturated rings. The maximum Gasteiger partial charge on any atom is 0.234 e. The first kappa shape index (κ1) is 8.97. The Morgan fingerprint density at radius 3 is 3.15 bits per heavy atom. The average Bonchev–Trinajstić information content (AvgIpc) is 2.17. The lowest BCUT2D eigenvalue weighted by atomic mass is 10.3. The number of thioether (sulfide) groups is 2. The SMILES string of the molecule is CSc1ccc2c(c1)SCC(=O)N2. The van der Waals surface area contributed by atoms with Gasteiger partial charge in [-0.2, -0.15) is 0 Å². The highest BCUT2D eigenvalue weighted by molar-refractivity contribution is 8.00.